The van der Waals surface area contributed by atoms with Gasteiger partial charge in [0, 0.05) is 17.7 Å². The predicted molar refractivity (Wildman–Crippen MR) is 167 cm³/mol. The molecule has 0 aromatic carbocycles. The van der Waals surface area contributed by atoms with Gasteiger partial charge in [-0.3, -0.25) is 9.63 Å². The molecule has 0 aliphatic heterocycles. The summed E-state index contributed by atoms with van der Waals surface area (Å²) in [6.45, 7) is 17.2. The quantitative estimate of drug-likeness (QED) is 0.167. The number of amides is 1. The van der Waals surface area contributed by atoms with Crippen LogP contribution in [0.1, 0.15) is 124 Å². The fourth-order valence-corrected chi connectivity index (χ4v) is 9.11. The number of ether oxygens (including phenoxy) is 2. The van der Waals surface area contributed by atoms with Gasteiger partial charge in [-0.15, -0.1) is 0 Å². The van der Waals surface area contributed by atoms with Crippen LogP contribution in [0.15, 0.2) is 11.6 Å². The Morgan fingerprint density at radius 1 is 1.10 bits per heavy atom. The average Bonchev–Trinajstić information content (AvgIpc) is 3.27. The van der Waals surface area contributed by atoms with Gasteiger partial charge in [0.1, 0.15) is 12.2 Å². The number of fused-ring (bicyclic) bond motifs is 5. The summed E-state index contributed by atoms with van der Waals surface area (Å²) < 4.78 is 11.5. The molecule has 6 heteroatoms. The Morgan fingerprint density at radius 2 is 1.80 bits per heavy atom. The minimum Gasteiger partial charge on any atom is -0.458 e. The van der Waals surface area contributed by atoms with Gasteiger partial charge < -0.3 is 9.47 Å². The molecular formula is C34H65NO5. The largest absolute Gasteiger partial charge is 0.458 e. The summed E-state index contributed by atoms with van der Waals surface area (Å²) in [5.74, 6) is 3.35. The molecule has 3 saturated carbocycles. The number of rotatable bonds is 8. The summed E-state index contributed by atoms with van der Waals surface area (Å²) >= 11 is 0. The van der Waals surface area contributed by atoms with E-state index in [4.69, 9.17) is 14.3 Å². The zero-order valence-corrected chi connectivity index (χ0v) is 27.3. The minimum atomic E-state index is -0.475. The maximum absolute atomic E-state index is 12.3. The SMILES string of the molecule is CC.CON(C)C(=O)CC[C@@H](C)C1CCC2C3CC=C4C[C@@H](OCC(=O)OC(C)(C)C)CC[C@]4(C)C3CC[C@@]21C.[HH].[HH].[HH]. The summed E-state index contributed by atoms with van der Waals surface area (Å²) in [6.07, 6.45) is 13.7. The number of carbonyl (C=O) groups excluding carboxylic acids is 2. The second kappa shape index (κ2) is 13.3. The molecular weight excluding hydrogens is 502 g/mol. The average molecular weight is 568 g/mol. The third kappa shape index (κ3) is 6.97. The van der Waals surface area contributed by atoms with Gasteiger partial charge in [0.15, 0.2) is 0 Å². The van der Waals surface area contributed by atoms with Gasteiger partial charge in [-0.05, 0) is 119 Å². The Balaban J connectivity index is 0.00000345. The van der Waals surface area contributed by atoms with Crippen LogP contribution in [0.2, 0.25) is 0 Å². The van der Waals surface area contributed by atoms with E-state index in [0.717, 1.165) is 43.4 Å². The molecule has 4 aliphatic carbocycles. The minimum absolute atomic E-state index is 0. The van der Waals surface area contributed by atoms with Crippen molar-refractivity contribution in [2.75, 3.05) is 20.8 Å². The van der Waals surface area contributed by atoms with E-state index in [1.54, 1.807) is 19.7 Å². The zero-order valence-electron chi connectivity index (χ0n) is 27.3. The van der Waals surface area contributed by atoms with Crippen molar-refractivity contribution < 1.29 is 28.2 Å². The molecule has 0 bridgehead atoms. The molecule has 4 aliphatic rings. The zero-order chi connectivity index (χ0) is 29.9. The molecule has 8 atom stereocenters. The molecule has 0 aromatic heterocycles. The van der Waals surface area contributed by atoms with Gasteiger partial charge >= 0.3 is 5.97 Å². The Morgan fingerprint density at radius 3 is 2.45 bits per heavy atom. The van der Waals surface area contributed by atoms with Gasteiger partial charge in [-0.25, -0.2) is 9.86 Å². The van der Waals surface area contributed by atoms with E-state index in [2.05, 4.69) is 26.8 Å². The lowest BCUT2D eigenvalue weighted by Crippen LogP contribution is -2.51. The third-order valence-corrected chi connectivity index (χ3v) is 11.1. The number of carbonyl (C=O) groups is 2. The van der Waals surface area contributed by atoms with E-state index in [1.165, 1.54) is 37.2 Å². The topological polar surface area (TPSA) is 65.1 Å². The van der Waals surface area contributed by atoms with Crippen molar-refractivity contribution in [2.24, 2.45) is 40.4 Å². The molecule has 1 amide bonds. The summed E-state index contributed by atoms with van der Waals surface area (Å²) in [5, 5.41) is 1.36. The molecule has 0 spiro atoms. The fraction of sp³-hybridized carbons (Fsp3) is 0.882. The molecule has 0 N–H and O–H groups in total. The highest BCUT2D eigenvalue weighted by Crippen LogP contribution is 2.67. The Kier molecular flexibility index (Phi) is 11.0. The standard InChI is InChI=1S/C32H53NO5.C2H6.3H2/c1-21(9-14-28(34)33(7)36-8)25-12-13-26-24-11-10-22-19-23(37-20-29(35)38-30(2,3)4)15-17-31(22,5)27(24)16-18-32(25,26)6;1-2;;;/h10,21,23-27H,9,11-20H2,1-8H3;1-2H3;3*1H/t21-,23+,24?,25?,26?,27?,31+,32-;;;;/m1..../s1. The Bertz CT molecular complexity index is 924. The van der Waals surface area contributed by atoms with E-state index in [1.807, 2.05) is 34.6 Å². The van der Waals surface area contributed by atoms with Crippen molar-refractivity contribution >= 4 is 11.9 Å². The van der Waals surface area contributed by atoms with Crippen LogP contribution in [0.25, 0.3) is 0 Å². The molecule has 0 aromatic rings. The van der Waals surface area contributed by atoms with E-state index in [0.29, 0.717) is 23.7 Å². The van der Waals surface area contributed by atoms with Crippen molar-refractivity contribution in [3.8, 4) is 0 Å². The van der Waals surface area contributed by atoms with E-state index < -0.39 is 5.60 Å². The van der Waals surface area contributed by atoms with Gasteiger partial charge in [0.05, 0.1) is 13.2 Å². The summed E-state index contributed by atoms with van der Waals surface area (Å²) in [5.41, 5.74) is 1.74. The van der Waals surface area contributed by atoms with Gasteiger partial charge in [0.25, 0.3) is 0 Å². The normalized spacial score (nSPS) is 35.6. The van der Waals surface area contributed by atoms with E-state index in [-0.39, 0.29) is 34.3 Å². The Hall–Kier alpha value is -1.40. The summed E-state index contributed by atoms with van der Waals surface area (Å²) in [6, 6.07) is 0. The highest BCUT2D eigenvalue weighted by Gasteiger charge is 2.59. The number of allylic oxidation sites excluding steroid dienone is 1. The lowest BCUT2D eigenvalue weighted by molar-refractivity contribution is -0.169. The van der Waals surface area contributed by atoms with Crippen molar-refractivity contribution in [2.45, 2.75) is 131 Å². The first-order valence-electron chi connectivity index (χ1n) is 16.1. The third-order valence-electron chi connectivity index (χ3n) is 11.1. The van der Waals surface area contributed by atoms with Crippen LogP contribution >= 0.6 is 0 Å². The molecule has 0 radical (unpaired) electrons. The predicted octanol–water partition coefficient (Wildman–Crippen LogP) is 8.49. The van der Waals surface area contributed by atoms with Crippen molar-refractivity contribution in [1.82, 2.24) is 5.06 Å². The molecule has 236 valence electrons. The van der Waals surface area contributed by atoms with Crippen LogP contribution in [0.4, 0.5) is 0 Å². The maximum Gasteiger partial charge on any atom is 0.332 e. The lowest BCUT2D eigenvalue weighted by Gasteiger charge is -2.58. The van der Waals surface area contributed by atoms with Crippen molar-refractivity contribution in [3.63, 3.8) is 0 Å². The second-order valence-corrected chi connectivity index (χ2v) is 14.3. The molecule has 40 heavy (non-hydrogen) atoms. The number of hydrogen-bond acceptors (Lipinski definition) is 5. The molecule has 0 saturated heterocycles. The highest BCUT2D eigenvalue weighted by atomic mass is 16.7. The number of nitrogens with zero attached hydrogens (tertiary/aromatic N) is 1. The molecule has 4 unspecified atom stereocenters. The van der Waals surface area contributed by atoms with E-state index >= 15 is 0 Å². The first-order valence-corrected chi connectivity index (χ1v) is 16.1. The smallest absolute Gasteiger partial charge is 0.332 e. The monoisotopic (exact) mass is 567 g/mol. The van der Waals surface area contributed by atoms with Crippen LogP contribution in [0, 0.1) is 40.4 Å². The van der Waals surface area contributed by atoms with Crippen LogP contribution in [-0.4, -0.2) is 49.4 Å². The fourth-order valence-electron chi connectivity index (χ4n) is 9.11. The van der Waals surface area contributed by atoms with E-state index in [9.17, 15) is 9.59 Å². The highest BCUT2D eigenvalue weighted by molar-refractivity contribution is 5.74. The van der Waals surface area contributed by atoms with Gasteiger partial charge in [0.2, 0.25) is 5.91 Å². The number of esters is 1. The van der Waals surface area contributed by atoms with Crippen LogP contribution in [0.3, 0.4) is 0 Å². The first kappa shape index (κ1) is 33.1. The van der Waals surface area contributed by atoms with Crippen molar-refractivity contribution in [3.05, 3.63) is 11.6 Å². The second-order valence-electron chi connectivity index (χ2n) is 14.3. The summed E-state index contributed by atoms with van der Waals surface area (Å²) in [7, 11) is 3.25. The summed E-state index contributed by atoms with van der Waals surface area (Å²) in [4.78, 5) is 29.6. The van der Waals surface area contributed by atoms with Gasteiger partial charge in [-0.2, -0.15) is 0 Å². The Labute approximate surface area is 249 Å². The van der Waals surface area contributed by atoms with Crippen molar-refractivity contribution in [1.29, 1.82) is 0 Å². The van der Waals surface area contributed by atoms with Gasteiger partial charge in [-0.1, -0.05) is 46.3 Å². The molecule has 6 nitrogen and oxygen atoms in total. The number of hydroxylamine groups is 2. The van der Waals surface area contributed by atoms with Crippen LogP contribution in [0.5, 0.6) is 0 Å². The lowest BCUT2D eigenvalue weighted by atomic mass is 9.47. The first-order chi connectivity index (χ1) is 18.8. The number of hydrogen-bond donors (Lipinski definition) is 0. The maximum atomic E-state index is 12.3. The molecule has 3 fully saturated rings. The molecule has 0 heterocycles. The van der Waals surface area contributed by atoms with Crippen LogP contribution < -0.4 is 0 Å². The van der Waals surface area contributed by atoms with Crippen LogP contribution in [-0.2, 0) is 23.9 Å². The molecule has 4 rings (SSSR count).